The number of hydrogen-bond acceptors (Lipinski definition) is 5. The zero-order chi connectivity index (χ0) is 11.8. The van der Waals surface area contributed by atoms with Crippen molar-refractivity contribution in [3.8, 4) is 6.07 Å². The fourth-order valence-electron chi connectivity index (χ4n) is 1.33. The Hall–Kier alpha value is -1.80. The van der Waals surface area contributed by atoms with Crippen LogP contribution in [0.1, 0.15) is 24.8 Å². The third kappa shape index (κ3) is 3.75. The smallest absolute Gasteiger partial charge is 0.144 e. The molecule has 1 aromatic heterocycles. The third-order valence-electron chi connectivity index (χ3n) is 2.16. The molecule has 0 atom stereocenters. The highest BCUT2D eigenvalue weighted by Crippen LogP contribution is 2.14. The molecule has 0 spiro atoms. The molecule has 1 heterocycles. The van der Waals surface area contributed by atoms with Crippen molar-refractivity contribution in [3.05, 3.63) is 17.8 Å². The maximum absolute atomic E-state index is 8.87. The molecule has 0 bridgehead atoms. The Balaban J connectivity index is 2.45. The van der Waals surface area contributed by atoms with E-state index < -0.39 is 0 Å². The second-order valence-corrected chi connectivity index (χ2v) is 3.49. The van der Waals surface area contributed by atoms with Crippen molar-refractivity contribution in [1.82, 2.24) is 4.98 Å². The summed E-state index contributed by atoms with van der Waals surface area (Å²) in [7, 11) is 0. The topological polar surface area (TPSA) is 95.0 Å². The zero-order valence-electron chi connectivity index (χ0n) is 9.11. The number of aliphatic hydroxyl groups is 1. The molecule has 4 N–H and O–H groups in total. The minimum atomic E-state index is 0.226. The lowest BCUT2D eigenvalue weighted by atomic mass is 10.2. The van der Waals surface area contributed by atoms with E-state index in [2.05, 4.69) is 10.3 Å². The SMILES string of the molecule is N#Cc1cc(N)cnc1NCCCCCO. The van der Waals surface area contributed by atoms with E-state index in [1.165, 1.54) is 6.20 Å². The van der Waals surface area contributed by atoms with Gasteiger partial charge in [-0.15, -0.1) is 0 Å². The number of nitrogens with two attached hydrogens (primary N) is 1. The molecule has 86 valence electrons. The van der Waals surface area contributed by atoms with Crippen LogP contribution in [0, 0.1) is 11.3 Å². The van der Waals surface area contributed by atoms with Crippen LogP contribution in [0.5, 0.6) is 0 Å². The molecule has 0 radical (unpaired) electrons. The van der Waals surface area contributed by atoms with Crippen LogP contribution in [0.15, 0.2) is 12.3 Å². The van der Waals surface area contributed by atoms with Gasteiger partial charge in [0.15, 0.2) is 0 Å². The Morgan fingerprint density at radius 3 is 2.94 bits per heavy atom. The molecule has 0 saturated heterocycles. The van der Waals surface area contributed by atoms with Crippen LogP contribution in [0.25, 0.3) is 0 Å². The Labute approximate surface area is 94.9 Å². The molecule has 0 unspecified atom stereocenters. The highest BCUT2D eigenvalue weighted by molar-refractivity contribution is 5.57. The average molecular weight is 220 g/mol. The Bertz CT molecular complexity index is 373. The first-order chi connectivity index (χ1) is 7.77. The number of rotatable bonds is 6. The van der Waals surface area contributed by atoms with Crippen LogP contribution in [0.2, 0.25) is 0 Å². The van der Waals surface area contributed by atoms with E-state index in [0.717, 1.165) is 25.8 Å². The summed E-state index contributed by atoms with van der Waals surface area (Å²) in [5, 5.41) is 20.6. The summed E-state index contributed by atoms with van der Waals surface area (Å²) in [4.78, 5) is 4.06. The van der Waals surface area contributed by atoms with Crippen molar-refractivity contribution in [3.63, 3.8) is 0 Å². The summed E-state index contributed by atoms with van der Waals surface area (Å²) in [6.45, 7) is 0.967. The quantitative estimate of drug-likeness (QED) is 0.624. The number of aliphatic hydroxyl groups excluding tert-OH is 1. The van der Waals surface area contributed by atoms with Crippen LogP contribution in [-0.2, 0) is 0 Å². The van der Waals surface area contributed by atoms with Gasteiger partial charge in [0, 0.05) is 13.2 Å². The normalized spacial score (nSPS) is 9.75. The van der Waals surface area contributed by atoms with Crippen LogP contribution >= 0.6 is 0 Å². The molecule has 0 aliphatic heterocycles. The standard InChI is InChI=1S/C11H16N4O/c12-7-9-6-10(13)8-15-11(9)14-4-2-1-3-5-16/h6,8,16H,1-5,13H2,(H,14,15). The Morgan fingerprint density at radius 2 is 2.25 bits per heavy atom. The number of nitrogens with one attached hydrogen (secondary N) is 1. The summed E-state index contributed by atoms with van der Waals surface area (Å²) >= 11 is 0. The van der Waals surface area contributed by atoms with Crippen LogP contribution < -0.4 is 11.1 Å². The molecule has 5 heteroatoms. The predicted molar refractivity (Wildman–Crippen MR) is 62.8 cm³/mol. The molecule has 0 aromatic carbocycles. The van der Waals surface area contributed by atoms with Crippen LogP contribution in [-0.4, -0.2) is 23.2 Å². The number of anilines is 2. The number of pyridine rings is 1. The van der Waals surface area contributed by atoms with Gasteiger partial charge < -0.3 is 16.2 Å². The number of unbranched alkanes of at least 4 members (excludes halogenated alkanes) is 2. The fraction of sp³-hybridized carbons (Fsp3) is 0.455. The number of nitriles is 1. The Kier molecular flexibility index (Phi) is 5.09. The first-order valence-electron chi connectivity index (χ1n) is 5.28. The lowest BCUT2D eigenvalue weighted by Crippen LogP contribution is -2.06. The molecule has 16 heavy (non-hydrogen) atoms. The van der Waals surface area contributed by atoms with Gasteiger partial charge in [0.05, 0.1) is 17.4 Å². The fourth-order valence-corrected chi connectivity index (χ4v) is 1.33. The van der Waals surface area contributed by atoms with Crippen molar-refractivity contribution in [2.24, 2.45) is 0 Å². The maximum atomic E-state index is 8.87. The first kappa shape index (κ1) is 12.3. The highest BCUT2D eigenvalue weighted by Gasteiger charge is 2.02. The molecule has 0 aliphatic carbocycles. The minimum Gasteiger partial charge on any atom is -0.397 e. The maximum Gasteiger partial charge on any atom is 0.144 e. The van der Waals surface area contributed by atoms with Gasteiger partial charge in [-0.05, 0) is 25.3 Å². The summed E-state index contributed by atoms with van der Waals surface area (Å²) in [6, 6.07) is 3.64. The van der Waals surface area contributed by atoms with Crippen LogP contribution in [0.3, 0.4) is 0 Å². The van der Waals surface area contributed by atoms with Crippen molar-refractivity contribution in [2.75, 3.05) is 24.2 Å². The number of nitrogen functional groups attached to an aromatic ring is 1. The van der Waals surface area contributed by atoms with Crippen molar-refractivity contribution in [2.45, 2.75) is 19.3 Å². The second-order valence-electron chi connectivity index (χ2n) is 3.49. The molecule has 1 rings (SSSR count). The highest BCUT2D eigenvalue weighted by atomic mass is 16.2. The molecule has 5 nitrogen and oxygen atoms in total. The predicted octanol–water partition coefficient (Wildman–Crippen LogP) is 1.11. The molecule has 0 fully saturated rings. The molecular formula is C11H16N4O. The van der Waals surface area contributed by atoms with Crippen molar-refractivity contribution < 1.29 is 5.11 Å². The Morgan fingerprint density at radius 1 is 1.44 bits per heavy atom. The second kappa shape index (κ2) is 6.64. The van der Waals surface area contributed by atoms with E-state index in [1.54, 1.807) is 6.07 Å². The van der Waals surface area contributed by atoms with Gasteiger partial charge in [0.2, 0.25) is 0 Å². The first-order valence-corrected chi connectivity index (χ1v) is 5.28. The summed E-state index contributed by atoms with van der Waals surface area (Å²) in [5.41, 5.74) is 6.48. The van der Waals surface area contributed by atoms with Gasteiger partial charge in [-0.3, -0.25) is 0 Å². The zero-order valence-corrected chi connectivity index (χ0v) is 9.11. The number of aromatic nitrogens is 1. The van der Waals surface area contributed by atoms with Gasteiger partial charge in [0.25, 0.3) is 0 Å². The summed E-state index contributed by atoms with van der Waals surface area (Å²) < 4.78 is 0. The number of hydrogen-bond donors (Lipinski definition) is 3. The minimum absolute atomic E-state index is 0.226. The van der Waals surface area contributed by atoms with Gasteiger partial charge in [-0.1, -0.05) is 0 Å². The summed E-state index contributed by atoms with van der Waals surface area (Å²) in [5.74, 6) is 0.570. The summed E-state index contributed by atoms with van der Waals surface area (Å²) in [6.07, 6.45) is 4.23. The van der Waals surface area contributed by atoms with E-state index >= 15 is 0 Å². The van der Waals surface area contributed by atoms with E-state index in [1.807, 2.05) is 6.07 Å². The van der Waals surface area contributed by atoms with E-state index in [4.69, 9.17) is 16.1 Å². The lowest BCUT2D eigenvalue weighted by molar-refractivity contribution is 0.283. The average Bonchev–Trinajstić information content (AvgIpc) is 2.30. The molecule has 0 aliphatic rings. The largest absolute Gasteiger partial charge is 0.397 e. The van der Waals surface area contributed by atoms with E-state index in [-0.39, 0.29) is 6.61 Å². The van der Waals surface area contributed by atoms with Crippen LogP contribution in [0.4, 0.5) is 11.5 Å². The molecule has 0 saturated carbocycles. The van der Waals surface area contributed by atoms with E-state index in [0.29, 0.717) is 17.1 Å². The van der Waals surface area contributed by atoms with Gasteiger partial charge >= 0.3 is 0 Å². The van der Waals surface area contributed by atoms with Gasteiger partial charge in [-0.25, -0.2) is 4.98 Å². The third-order valence-corrected chi connectivity index (χ3v) is 2.16. The van der Waals surface area contributed by atoms with Crippen molar-refractivity contribution >= 4 is 11.5 Å². The van der Waals surface area contributed by atoms with Crippen molar-refractivity contribution in [1.29, 1.82) is 5.26 Å². The number of nitrogens with zero attached hydrogens (tertiary/aromatic N) is 2. The monoisotopic (exact) mass is 220 g/mol. The van der Waals surface area contributed by atoms with Gasteiger partial charge in [0.1, 0.15) is 11.9 Å². The molecule has 1 aromatic rings. The van der Waals surface area contributed by atoms with Gasteiger partial charge in [-0.2, -0.15) is 5.26 Å². The molecule has 0 amide bonds. The lowest BCUT2D eigenvalue weighted by Gasteiger charge is -2.07. The van der Waals surface area contributed by atoms with E-state index in [9.17, 15) is 0 Å². The molecular weight excluding hydrogens is 204 g/mol.